The summed E-state index contributed by atoms with van der Waals surface area (Å²) in [5.41, 5.74) is 0.110. The molecule has 0 unspecified atom stereocenters. The lowest BCUT2D eigenvalue weighted by molar-refractivity contribution is -0.0142. The third kappa shape index (κ3) is 5.08. The summed E-state index contributed by atoms with van der Waals surface area (Å²) in [6.07, 6.45) is 7.30. The first-order valence-electron chi connectivity index (χ1n) is 9.74. The topological polar surface area (TPSA) is 21.7 Å². The van der Waals surface area contributed by atoms with Gasteiger partial charge in [0.2, 0.25) is 0 Å². The molecular weight excluding hydrogens is 314 g/mol. The molecule has 2 rings (SSSR count). The first-order chi connectivity index (χ1) is 11.3. The van der Waals surface area contributed by atoms with Gasteiger partial charge in [-0.1, -0.05) is 51.9 Å². The first-order valence-corrected chi connectivity index (χ1v) is 12.6. The van der Waals surface area contributed by atoms with E-state index < -0.39 is 8.32 Å². The maximum atomic E-state index is 6.26. The lowest BCUT2D eigenvalue weighted by Gasteiger charge is -2.44. The van der Waals surface area contributed by atoms with Crippen LogP contribution in [0.5, 0.6) is 0 Å². The molecule has 0 atom stereocenters. The number of hydrogen-bond donors (Lipinski definition) is 0. The van der Waals surface area contributed by atoms with Crippen LogP contribution in [-0.2, 0) is 9.16 Å². The van der Waals surface area contributed by atoms with E-state index in [1.54, 1.807) is 0 Å². The maximum absolute atomic E-state index is 6.26. The van der Waals surface area contributed by atoms with Gasteiger partial charge < -0.3 is 9.16 Å². The van der Waals surface area contributed by atoms with Crippen LogP contribution in [-0.4, -0.2) is 51.7 Å². The van der Waals surface area contributed by atoms with Crippen molar-refractivity contribution in [1.29, 1.82) is 0 Å². The van der Waals surface area contributed by atoms with E-state index in [2.05, 4.69) is 50.6 Å². The summed E-state index contributed by atoms with van der Waals surface area (Å²) in [7, 11) is -1.64. The first kappa shape index (κ1) is 20.0. The normalized spacial score (nSPS) is 22.7. The third-order valence-electron chi connectivity index (χ3n) is 6.11. The molecule has 0 amide bonds. The summed E-state index contributed by atoms with van der Waals surface area (Å²) in [5, 5.41) is 0.277. The molecule has 0 spiro atoms. The Labute approximate surface area is 150 Å². The smallest absolute Gasteiger partial charge is 0.192 e. The average molecular weight is 352 g/mol. The van der Waals surface area contributed by atoms with Crippen LogP contribution in [0.3, 0.4) is 0 Å². The Morgan fingerprint density at radius 2 is 1.71 bits per heavy atom. The van der Waals surface area contributed by atoms with E-state index in [1.165, 1.54) is 32.1 Å². The number of morpholine rings is 1. The van der Waals surface area contributed by atoms with Gasteiger partial charge in [0.25, 0.3) is 0 Å². The number of nitrogens with zero attached hydrogens (tertiary/aromatic N) is 1. The summed E-state index contributed by atoms with van der Waals surface area (Å²) < 4.78 is 11.8. The molecule has 1 aliphatic heterocycles. The molecule has 1 saturated carbocycles. The Morgan fingerprint density at radius 1 is 1.08 bits per heavy atom. The van der Waals surface area contributed by atoms with Gasteiger partial charge in [0, 0.05) is 26.1 Å². The molecule has 0 bridgehead atoms. The van der Waals surface area contributed by atoms with Gasteiger partial charge in [0.05, 0.1) is 18.8 Å². The summed E-state index contributed by atoms with van der Waals surface area (Å²) in [5.74, 6) is 7.17. The van der Waals surface area contributed by atoms with Gasteiger partial charge >= 0.3 is 0 Å². The molecule has 24 heavy (non-hydrogen) atoms. The Kier molecular flexibility index (Phi) is 6.96. The van der Waals surface area contributed by atoms with Crippen LogP contribution in [0.1, 0.15) is 59.3 Å². The zero-order valence-electron chi connectivity index (χ0n) is 16.5. The minimum atomic E-state index is -1.64. The number of rotatable bonds is 4. The van der Waals surface area contributed by atoms with Gasteiger partial charge in [-0.25, -0.2) is 0 Å². The molecule has 0 radical (unpaired) electrons. The monoisotopic (exact) mass is 351 g/mol. The zero-order valence-corrected chi connectivity index (χ0v) is 17.5. The maximum Gasteiger partial charge on any atom is 0.192 e. The molecule has 4 heteroatoms. The van der Waals surface area contributed by atoms with Crippen LogP contribution in [0.25, 0.3) is 0 Å². The molecule has 0 N–H and O–H groups in total. The van der Waals surface area contributed by atoms with Gasteiger partial charge in [-0.2, -0.15) is 0 Å². The van der Waals surface area contributed by atoms with Crippen molar-refractivity contribution < 1.29 is 9.16 Å². The fourth-order valence-corrected chi connectivity index (χ4v) is 4.49. The molecule has 1 aliphatic carbocycles. The SMILES string of the molecule is CC(C)(C)[Si](C)(C)OCCC#CC1(N2CCOCC2)CCCCC1. The number of hydrogen-bond acceptors (Lipinski definition) is 3. The van der Waals surface area contributed by atoms with Crippen molar-refractivity contribution in [3.05, 3.63) is 0 Å². The van der Waals surface area contributed by atoms with E-state index >= 15 is 0 Å². The highest BCUT2D eigenvalue weighted by molar-refractivity contribution is 6.74. The highest BCUT2D eigenvalue weighted by atomic mass is 28.4. The number of ether oxygens (including phenoxy) is 1. The second-order valence-corrected chi connectivity index (χ2v) is 13.7. The molecule has 3 nitrogen and oxygen atoms in total. The molecule has 1 saturated heterocycles. The molecule has 0 aromatic carbocycles. The highest BCUT2D eigenvalue weighted by Crippen LogP contribution is 2.36. The molecule has 0 aromatic heterocycles. The Morgan fingerprint density at radius 3 is 2.29 bits per heavy atom. The van der Waals surface area contributed by atoms with Crippen molar-refractivity contribution in [2.75, 3.05) is 32.9 Å². The average Bonchev–Trinajstić information content (AvgIpc) is 2.55. The van der Waals surface area contributed by atoms with E-state index in [9.17, 15) is 0 Å². The van der Waals surface area contributed by atoms with Crippen molar-refractivity contribution in [2.45, 2.75) is 83.0 Å². The fraction of sp³-hybridized carbons (Fsp3) is 0.900. The van der Waals surface area contributed by atoms with Crippen molar-refractivity contribution in [3.8, 4) is 11.8 Å². The van der Waals surface area contributed by atoms with E-state index in [-0.39, 0.29) is 10.6 Å². The van der Waals surface area contributed by atoms with Crippen LogP contribution in [0, 0.1) is 11.8 Å². The Hall–Kier alpha value is -0.343. The molecule has 2 fully saturated rings. The van der Waals surface area contributed by atoms with Crippen LogP contribution in [0.2, 0.25) is 18.1 Å². The molecular formula is C20H37NO2Si. The van der Waals surface area contributed by atoms with Crippen LogP contribution in [0.15, 0.2) is 0 Å². The lowest BCUT2D eigenvalue weighted by Crippen LogP contribution is -2.53. The minimum absolute atomic E-state index is 0.110. The van der Waals surface area contributed by atoms with Gasteiger partial charge in [0.1, 0.15) is 0 Å². The Balaban J connectivity index is 1.92. The zero-order chi connectivity index (χ0) is 17.7. The molecule has 1 heterocycles. The van der Waals surface area contributed by atoms with Crippen LogP contribution >= 0.6 is 0 Å². The highest BCUT2D eigenvalue weighted by Gasteiger charge is 2.38. The predicted octanol–water partition coefficient (Wildman–Crippen LogP) is 4.44. The summed E-state index contributed by atoms with van der Waals surface area (Å²) >= 11 is 0. The van der Waals surface area contributed by atoms with E-state index in [1.807, 2.05) is 0 Å². The molecule has 0 aromatic rings. The van der Waals surface area contributed by atoms with Crippen molar-refractivity contribution in [2.24, 2.45) is 0 Å². The van der Waals surface area contributed by atoms with Crippen LogP contribution in [0.4, 0.5) is 0 Å². The van der Waals surface area contributed by atoms with Gasteiger partial charge in [0.15, 0.2) is 8.32 Å². The summed E-state index contributed by atoms with van der Waals surface area (Å²) in [6.45, 7) is 16.1. The Bertz CT molecular complexity index is 446. The quantitative estimate of drug-likeness (QED) is 0.425. The largest absolute Gasteiger partial charge is 0.416 e. The summed E-state index contributed by atoms with van der Waals surface area (Å²) in [6, 6.07) is 0. The van der Waals surface area contributed by atoms with Crippen molar-refractivity contribution >= 4 is 8.32 Å². The van der Waals surface area contributed by atoms with Crippen molar-refractivity contribution in [1.82, 2.24) is 4.90 Å². The van der Waals surface area contributed by atoms with E-state index in [0.717, 1.165) is 39.3 Å². The molecule has 138 valence electrons. The van der Waals surface area contributed by atoms with E-state index in [4.69, 9.17) is 9.16 Å². The lowest BCUT2D eigenvalue weighted by atomic mass is 9.80. The fourth-order valence-electron chi connectivity index (χ4n) is 3.45. The minimum Gasteiger partial charge on any atom is -0.416 e. The van der Waals surface area contributed by atoms with Crippen molar-refractivity contribution in [3.63, 3.8) is 0 Å². The second kappa shape index (κ2) is 8.36. The van der Waals surface area contributed by atoms with Gasteiger partial charge in [-0.05, 0) is 31.0 Å². The van der Waals surface area contributed by atoms with E-state index in [0.29, 0.717) is 0 Å². The van der Waals surface area contributed by atoms with Gasteiger partial charge in [-0.3, -0.25) is 4.90 Å². The predicted molar refractivity (Wildman–Crippen MR) is 104 cm³/mol. The second-order valence-electron chi connectivity index (χ2n) is 8.85. The standard InChI is InChI=1S/C20H37NO2Si/c1-19(2,3)24(4,5)23-16-10-9-13-20(11-7-6-8-12-20)21-14-17-22-18-15-21/h6-8,10-12,14-18H2,1-5H3. The third-order valence-corrected chi connectivity index (χ3v) is 10.7. The van der Waals surface area contributed by atoms with Gasteiger partial charge in [-0.15, -0.1) is 0 Å². The molecule has 2 aliphatic rings. The summed E-state index contributed by atoms with van der Waals surface area (Å²) in [4.78, 5) is 2.59. The van der Waals surface area contributed by atoms with Crippen LogP contribution < -0.4 is 0 Å².